The highest BCUT2D eigenvalue weighted by atomic mass is 127. The molecule has 2 aliphatic rings. The van der Waals surface area contributed by atoms with Crippen molar-refractivity contribution in [3.8, 4) is 0 Å². The highest BCUT2D eigenvalue weighted by molar-refractivity contribution is 14.0. The number of halogens is 1. The molecule has 0 radical (unpaired) electrons. The lowest BCUT2D eigenvalue weighted by atomic mass is 9.78. The lowest BCUT2D eigenvalue weighted by Crippen LogP contribution is -2.46. The quantitative estimate of drug-likeness (QED) is 0.398. The summed E-state index contributed by atoms with van der Waals surface area (Å²) < 4.78 is 6.10. The number of rotatable bonds is 3. The van der Waals surface area contributed by atoms with Crippen molar-refractivity contribution in [1.29, 1.82) is 0 Å². The van der Waals surface area contributed by atoms with E-state index >= 15 is 0 Å². The van der Waals surface area contributed by atoms with Crippen LogP contribution in [0.25, 0.3) is 0 Å². The minimum absolute atomic E-state index is 0. The van der Waals surface area contributed by atoms with Crippen LogP contribution in [0.1, 0.15) is 60.3 Å². The summed E-state index contributed by atoms with van der Waals surface area (Å²) in [7, 11) is 0. The van der Waals surface area contributed by atoms with Gasteiger partial charge >= 0.3 is 0 Å². The Labute approximate surface area is 166 Å². The van der Waals surface area contributed by atoms with Crippen LogP contribution in [0.5, 0.6) is 0 Å². The van der Waals surface area contributed by atoms with Gasteiger partial charge in [-0.25, -0.2) is 0 Å². The second-order valence-corrected chi connectivity index (χ2v) is 8.42. The summed E-state index contributed by atoms with van der Waals surface area (Å²) in [5, 5.41) is 3.50. The summed E-state index contributed by atoms with van der Waals surface area (Å²) in [5.74, 6) is 2.50. The molecule has 2 rings (SSSR count). The third-order valence-electron chi connectivity index (χ3n) is 5.19. The number of aliphatic imine (C=N–C) groups is 1. The molecule has 0 amide bonds. The predicted molar refractivity (Wildman–Crippen MR) is 113 cm³/mol. The van der Waals surface area contributed by atoms with Crippen LogP contribution in [0.2, 0.25) is 0 Å². The maximum Gasteiger partial charge on any atom is 0.193 e. The molecule has 2 aliphatic heterocycles. The number of guanidine groups is 1. The lowest BCUT2D eigenvalue weighted by molar-refractivity contribution is -0.0824. The van der Waals surface area contributed by atoms with E-state index in [2.05, 4.69) is 44.8 Å². The van der Waals surface area contributed by atoms with Crippen molar-refractivity contribution in [1.82, 2.24) is 10.2 Å². The van der Waals surface area contributed by atoms with Gasteiger partial charge in [0.25, 0.3) is 0 Å². The lowest BCUT2D eigenvalue weighted by Gasteiger charge is -2.40. The van der Waals surface area contributed by atoms with Crippen LogP contribution in [0.4, 0.5) is 0 Å². The molecule has 2 atom stereocenters. The smallest absolute Gasteiger partial charge is 0.193 e. The van der Waals surface area contributed by atoms with Crippen LogP contribution in [0.3, 0.4) is 0 Å². The van der Waals surface area contributed by atoms with Gasteiger partial charge in [0.05, 0.1) is 6.10 Å². The largest absolute Gasteiger partial charge is 0.377 e. The van der Waals surface area contributed by atoms with Crippen LogP contribution >= 0.6 is 24.0 Å². The Morgan fingerprint density at radius 1 is 1.21 bits per heavy atom. The predicted octanol–water partition coefficient (Wildman–Crippen LogP) is 4.14. The van der Waals surface area contributed by atoms with Crippen molar-refractivity contribution >= 4 is 29.9 Å². The maximum absolute atomic E-state index is 6.10. The molecule has 2 unspecified atom stereocenters. The molecule has 0 spiro atoms. The van der Waals surface area contributed by atoms with Crippen molar-refractivity contribution in [2.75, 3.05) is 32.8 Å². The second kappa shape index (κ2) is 10.2. The minimum atomic E-state index is 0. The van der Waals surface area contributed by atoms with Gasteiger partial charge in [0.15, 0.2) is 5.96 Å². The van der Waals surface area contributed by atoms with Crippen LogP contribution in [-0.2, 0) is 4.74 Å². The molecule has 0 saturated carbocycles. The number of hydrogen-bond acceptors (Lipinski definition) is 2. The number of likely N-dealkylation sites (tertiary alicyclic amines) is 1. The van der Waals surface area contributed by atoms with E-state index in [4.69, 9.17) is 9.73 Å². The maximum atomic E-state index is 6.10. The fraction of sp³-hybridized carbons (Fsp3) is 0.947. The van der Waals surface area contributed by atoms with Gasteiger partial charge in [0, 0.05) is 38.7 Å². The summed E-state index contributed by atoms with van der Waals surface area (Å²) in [4.78, 5) is 7.44. The van der Waals surface area contributed by atoms with E-state index < -0.39 is 0 Å². The molecule has 0 aromatic heterocycles. The summed E-state index contributed by atoms with van der Waals surface area (Å²) >= 11 is 0. The van der Waals surface area contributed by atoms with Gasteiger partial charge in [-0.15, -0.1) is 24.0 Å². The molecule has 5 heteroatoms. The highest BCUT2D eigenvalue weighted by Gasteiger charge is 2.35. The van der Waals surface area contributed by atoms with Crippen molar-refractivity contribution < 1.29 is 4.74 Å². The van der Waals surface area contributed by atoms with Gasteiger partial charge in [-0.2, -0.15) is 0 Å². The van der Waals surface area contributed by atoms with E-state index in [1.807, 2.05) is 0 Å². The fourth-order valence-electron chi connectivity index (χ4n) is 3.84. The van der Waals surface area contributed by atoms with Gasteiger partial charge in [0.2, 0.25) is 0 Å². The van der Waals surface area contributed by atoms with Crippen molar-refractivity contribution in [2.45, 2.75) is 66.4 Å². The first kappa shape index (κ1) is 22.0. The molecule has 24 heavy (non-hydrogen) atoms. The van der Waals surface area contributed by atoms with Crippen molar-refractivity contribution in [3.63, 3.8) is 0 Å². The Bertz CT molecular complexity index is 387. The molecule has 0 aromatic rings. The van der Waals surface area contributed by atoms with Gasteiger partial charge in [-0.05, 0) is 43.9 Å². The van der Waals surface area contributed by atoms with Gasteiger partial charge in [-0.3, -0.25) is 4.99 Å². The zero-order valence-electron chi connectivity index (χ0n) is 16.3. The molecule has 0 aliphatic carbocycles. The normalized spacial score (nSPS) is 26.9. The average Bonchev–Trinajstić information content (AvgIpc) is 2.52. The van der Waals surface area contributed by atoms with E-state index in [-0.39, 0.29) is 29.4 Å². The van der Waals surface area contributed by atoms with Gasteiger partial charge < -0.3 is 15.0 Å². The molecule has 2 saturated heterocycles. The number of hydrogen-bond donors (Lipinski definition) is 1. The molecule has 142 valence electrons. The number of nitrogens with one attached hydrogen (secondary N) is 1. The second-order valence-electron chi connectivity index (χ2n) is 8.42. The number of ether oxygens (including phenoxy) is 1. The summed E-state index contributed by atoms with van der Waals surface area (Å²) in [6.45, 7) is 16.4. The average molecular weight is 451 g/mol. The topological polar surface area (TPSA) is 36.9 Å². The third kappa shape index (κ3) is 6.36. The minimum Gasteiger partial charge on any atom is -0.377 e. The molecule has 1 N–H and O–H groups in total. The van der Waals surface area contributed by atoms with Crippen LogP contribution < -0.4 is 5.32 Å². The highest BCUT2D eigenvalue weighted by Crippen LogP contribution is 2.34. The Morgan fingerprint density at radius 2 is 1.88 bits per heavy atom. The monoisotopic (exact) mass is 451 g/mol. The van der Waals surface area contributed by atoms with Crippen LogP contribution in [-0.4, -0.2) is 49.7 Å². The Morgan fingerprint density at radius 3 is 2.46 bits per heavy atom. The standard InChI is InChI=1S/C19H37N3O.HI/c1-6-20-18(22-11-9-15(2)10-12-22)21-14-16-8-7-13-23-17(16)19(3,4)5;/h15-17H,6-14H2,1-5H3,(H,20,21);1H. The molecule has 0 aromatic carbocycles. The zero-order chi connectivity index (χ0) is 16.9. The Kier molecular flexibility index (Phi) is 9.34. The summed E-state index contributed by atoms with van der Waals surface area (Å²) in [5.41, 5.74) is 0.194. The first-order valence-corrected chi connectivity index (χ1v) is 9.56. The van der Waals surface area contributed by atoms with E-state index in [0.29, 0.717) is 12.0 Å². The van der Waals surface area contributed by atoms with E-state index in [1.165, 1.54) is 25.7 Å². The molecule has 0 bridgehead atoms. The number of piperidine rings is 1. The zero-order valence-corrected chi connectivity index (χ0v) is 18.6. The van der Waals surface area contributed by atoms with Gasteiger partial charge in [0.1, 0.15) is 0 Å². The molecule has 2 fully saturated rings. The van der Waals surface area contributed by atoms with Gasteiger partial charge in [-0.1, -0.05) is 27.7 Å². The SMILES string of the molecule is CCNC(=NCC1CCCOC1C(C)(C)C)N1CCC(C)CC1.I. The molecule has 4 nitrogen and oxygen atoms in total. The van der Waals surface area contributed by atoms with E-state index in [9.17, 15) is 0 Å². The first-order valence-electron chi connectivity index (χ1n) is 9.56. The molecule has 2 heterocycles. The third-order valence-corrected chi connectivity index (χ3v) is 5.19. The van der Waals surface area contributed by atoms with Crippen molar-refractivity contribution in [3.05, 3.63) is 0 Å². The molecular formula is C19H38IN3O. The van der Waals surface area contributed by atoms with Crippen LogP contribution in [0, 0.1) is 17.3 Å². The van der Waals surface area contributed by atoms with Crippen LogP contribution in [0.15, 0.2) is 4.99 Å². The Balaban J connectivity index is 0.00000288. The molecular weight excluding hydrogens is 413 g/mol. The number of nitrogens with zero attached hydrogens (tertiary/aromatic N) is 2. The first-order chi connectivity index (χ1) is 10.9. The summed E-state index contributed by atoms with van der Waals surface area (Å²) in [6, 6.07) is 0. The Hall–Kier alpha value is -0.0400. The van der Waals surface area contributed by atoms with Crippen molar-refractivity contribution in [2.24, 2.45) is 22.2 Å². The summed E-state index contributed by atoms with van der Waals surface area (Å²) in [6.07, 6.45) is 5.29. The van der Waals surface area contributed by atoms with E-state index in [0.717, 1.165) is 44.7 Å². The fourth-order valence-corrected chi connectivity index (χ4v) is 3.84. The van der Waals surface area contributed by atoms with E-state index in [1.54, 1.807) is 0 Å².